The minimum Gasteiger partial charge on any atom is -0.322 e. The maximum Gasteiger partial charge on any atom is 0.326 e. The number of rotatable bonds is 6. The number of nitrogens with zero attached hydrogens (tertiary/aromatic N) is 2. The van der Waals surface area contributed by atoms with Gasteiger partial charge in [0.05, 0.1) is 17.2 Å². The van der Waals surface area contributed by atoms with Gasteiger partial charge in [0, 0.05) is 0 Å². The second-order valence-electron chi connectivity index (χ2n) is 7.44. The molecule has 0 saturated carbocycles. The number of carbonyl (C=O) groups excluding carboxylic acids is 2. The second-order valence-corrected chi connectivity index (χ2v) is 8.30. The van der Waals surface area contributed by atoms with Crippen LogP contribution in [0, 0.1) is 5.82 Å². The van der Waals surface area contributed by atoms with Crippen molar-refractivity contribution in [1.82, 2.24) is 15.1 Å². The van der Waals surface area contributed by atoms with E-state index in [4.69, 9.17) is 0 Å². The molecule has 158 valence electrons. The van der Waals surface area contributed by atoms with Crippen LogP contribution in [0.3, 0.4) is 0 Å². The van der Waals surface area contributed by atoms with Gasteiger partial charge in [0.2, 0.25) is 0 Å². The summed E-state index contributed by atoms with van der Waals surface area (Å²) in [6, 6.07) is 22.7. The van der Waals surface area contributed by atoms with E-state index in [1.807, 2.05) is 72.6 Å². The number of urea groups is 1. The number of benzene rings is 3. The second kappa shape index (κ2) is 8.99. The molecular formula is C24H21BrFN3O2. The summed E-state index contributed by atoms with van der Waals surface area (Å²) in [5.74, 6) is -0.791. The molecule has 0 spiro atoms. The zero-order chi connectivity index (χ0) is 22.0. The van der Waals surface area contributed by atoms with Gasteiger partial charge in [-0.2, -0.15) is 0 Å². The first-order chi connectivity index (χ1) is 15.0. The van der Waals surface area contributed by atoms with Crippen LogP contribution >= 0.6 is 15.9 Å². The van der Waals surface area contributed by atoms with Gasteiger partial charge < -0.3 is 5.32 Å². The number of halogens is 2. The maximum absolute atomic E-state index is 13.6. The van der Waals surface area contributed by atoms with Gasteiger partial charge in [0.1, 0.15) is 11.9 Å². The predicted molar refractivity (Wildman–Crippen MR) is 120 cm³/mol. The fourth-order valence-corrected chi connectivity index (χ4v) is 4.24. The van der Waals surface area contributed by atoms with Crippen molar-refractivity contribution < 1.29 is 14.0 Å². The largest absolute Gasteiger partial charge is 0.326 e. The quantitative estimate of drug-likeness (QED) is 0.511. The van der Waals surface area contributed by atoms with Crippen LogP contribution in [0.5, 0.6) is 0 Å². The standard InChI is InChI=1S/C24H21BrFN3O2/c1-28(22(16-8-4-2-5-9-16)17-10-6-3-7-11-17)15-29-23(30)21(27-24(29)31)18-12-13-20(26)19(25)14-18/h2-14,21-22H,15H2,1H3,(H,27,31)/t21-/m1/s1. The van der Waals surface area contributed by atoms with Gasteiger partial charge in [-0.25, -0.2) is 14.1 Å². The monoisotopic (exact) mass is 481 g/mol. The van der Waals surface area contributed by atoms with Crippen LogP contribution in [0.2, 0.25) is 0 Å². The van der Waals surface area contributed by atoms with E-state index in [0.717, 1.165) is 11.1 Å². The van der Waals surface area contributed by atoms with E-state index in [9.17, 15) is 14.0 Å². The summed E-state index contributed by atoms with van der Waals surface area (Å²) in [6.45, 7) is 0.109. The van der Waals surface area contributed by atoms with Gasteiger partial charge in [0.25, 0.3) is 5.91 Å². The average molecular weight is 482 g/mol. The summed E-state index contributed by atoms with van der Waals surface area (Å²) in [7, 11) is 1.88. The molecule has 3 aromatic carbocycles. The third-order valence-corrected chi connectivity index (χ3v) is 5.95. The third-order valence-electron chi connectivity index (χ3n) is 5.34. The molecule has 4 rings (SSSR count). The maximum atomic E-state index is 13.6. The molecule has 3 amide bonds. The van der Waals surface area contributed by atoms with Gasteiger partial charge in [0.15, 0.2) is 0 Å². The third kappa shape index (κ3) is 4.38. The molecule has 1 aliphatic heterocycles. The van der Waals surface area contributed by atoms with Crippen LogP contribution in [0.4, 0.5) is 9.18 Å². The molecule has 0 aliphatic carbocycles. The molecule has 1 N–H and O–H groups in total. The number of amides is 3. The fraction of sp³-hybridized carbons (Fsp3) is 0.167. The Morgan fingerprint density at radius 1 is 1.00 bits per heavy atom. The normalized spacial score (nSPS) is 16.3. The Morgan fingerprint density at radius 2 is 1.58 bits per heavy atom. The predicted octanol–water partition coefficient (Wildman–Crippen LogP) is 4.86. The molecule has 1 saturated heterocycles. The zero-order valence-corrected chi connectivity index (χ0v) is 18.4. The highest BCUT2D eigenvalue weighted by atomic mass is 79.9. The van der Waals surface area contributed by atoms with Crippen molar-refractivity contribution >= 4 is 27.9 Å². The van der Waals surface area contributed by atoms with Crippen molar-refractivity contribution in [2.45, 2.75) is 12.1 Å². The molecule has 0 bridgehead atoms. The van der Waals surface area contributed by atoms with Crippen molar-refractivity contribution in [2.24, 2.45) is 0 Å². The minimum atomic E-state index is -0.843. The van der Waals surface area contributed by atoms with E-state index in [1.165, 1.54) is 23.1 Å². The van der Waals surface area contributed by atoms with Crippen LogP contribution in [0.15, 0.2) is 83.3 Å². The lowest BCUT2D eigenvalue weighted by atomic mass is 9.98. The van der Waals surface area contributed by atoms with E-state index < -0.39 is 17.9 Å². The van der Waals surface area contributed by atoms with Crippen molar-refractivity contribution in [3.05, 3.63) is 106 Å². The van der Waals surface area contributed by atoms with Crippen molar-refractivity contribution in [3.8, 4) is 0 Å². The Morgan fingerprint density at radius 3 is 2.13 bits per heavy atom. The van der Waals surface area contributed by atoms with E-state index >= 15 is 0 Å². The number of hydrogen-bond acceptors (Lipinski definition) is 3. The molecule has 1 heterocycles. The SMILES string of the molecule is CN(CN1C(=O)N[C@H](c2ccc(F)c(Br)c2)C1=O)C(c1ccccc1)c1ccccc1. The molecule has 0 aromatic heterocycles. The lowest BCUT2D eigenvalue weighted by molar-refractivity contribution is -0.129. The molecule has 31 heavy (non-hydrogen) atoms. The first-order valence-electron chi connectivity index (χ1n) is 9.82. The van der Waals surface area contributed by atoms with Crippen molar-refractivity contribution in [3.63, 3.8) is 0 Å². The molecule has 7 heteroatoms. The van der Waals surface area contributed by atoms with Crippen LogP contribution in [0.25, 0.3) is 0 Å². The zero-order valence-electron chi connectivity index (χ0n) is 16.8. The lowest BCUT2D eigenvalue weighted by Gasteiger charge is -2.31. The first-order valence-corrected chi connectivity index (χ1v) is 10.6. The number of carbonyl (C=O) groups is 2. The van der Waals surface area contributed by atoms with Gasteiger partial charge >= 0.3 is 6.03 Å². The smallest absolute Gasteiger partial charge is 0.322 e. The lowest BCUT2D eigenvalue weighted by Crippen LogP contribution is -2.41. The molecule has 1 atom stereocenters. The van der Waals surface area contributed by atoms with Crippen LogP contribution in [-0.4, -0.2) is 35.5 Å². The van der Waals surface area contributed by atoms with Crippen LogP contribution < -0.4 is 5.32 Å². The highest BCUT2D eigenvalue weighted by molar-refractivity contribution is 9.10. The van der Waals surface area contributed by atoms with Crippen LogP contribution in [-0.2, 0) is 4.79 Å². The van der Waals surface area contributed by atoms with Gasteiger partial charge in [-0.3, -0.25) is 9.69 Å². The number of imide groups is 1. The molecule has 1 aliphatic rings. The van der Waals surface area contributed by atoms with Crippen molar-refractivity contribution in [2.75, 3.05) is 13.7 Å². The van der Waals surface area contributed by atoms with Crippen LogP contribution in [0.1, 0.15) is 28.8 Å². The first kappa shape index (κ1) is 21.2. The highest BCUT2D eigenvalue weighted by Crippen LogP contribution is 2.30. The number of nitrogens with one attached hydrogen (secondary N) is 1. The highest BCUT2D eigenvalue weighted by Gasteiger charge is 2.40. The Labute approximate surface area is 188 Å². The summed E-state index contributed by atoms with van der Waals surface area (Å²) in [6.07, 6.45) is 0. The molecule has 0 unspecified atom stereocenters. The molecule has 1 fully saturated rings. The Kier molecular flexibility index (Phi) is 6.15. The van der Waals surface area contributed by atoms with Gasteiger partial charge in [-0.1, -0.05) is 66.7 Å². The topological polar surface area (TPSA) is 52.6 Å². The molecular weight excluding hydrogens is 461 g/mol. The average Bonchev–Trinajstić information content (AvgIpc) is 3.05. The fourth-order valence-electron chi connectivity index (χ4n) is 3.85. The molecule has 0 radical (unpaired) electrons. The Hall–Kier alpha value is -3.03. The van der Waals surface area contributed by atoms with Crippen molar-refractivity contribution in [1.29, 1.82) is 0 Å². The molecule has 5 nitrogen and oxygen atoms in total. The van der Waals surface area contributed by atoms with E-state index in [0.29, 0.717) is 5.56 Å². The summed E-state index contributed by atoms with van der Waals surface area (Å²) in [5.41, 5.74) is 2.64. The molecule has 3 aromatic rings. The minimum absolute atomic E-state index is 0.109. The summed E-state index contributed by atoms with van der Waals surface area (Å²) in [5, 5.41) is 2.71. The van der Waals surface area contributed by atoms with E-state index in [-0.39, 0.29) is 23.1 Å². The van der Waals surface area contributed by atoms with Gasteiger partial charge in [-0.05, 0) is 51.8 Å². The number of hydrogen-bond donors (Lipinski definition) is 1. The summed E-state index contributed by atoms with van der Waals surface area (Å²) >= 11 is 3.13. The Bertz CT molecular complexity index is 1050. The Balaban J connectivity index is 1.58. The van der Waals surface area contributed by atoms with E-state index in [2.05, 4.69) is 21.2 Å². The summed E-state index contributed by atoms with van der Waals surface area (Å²) in [4.78, 5) is 28.8. The van der Waals surface area contributed by atoms with Gasteiger partial charge in [-0.15, -0.1) is 0 Å². The summed E-state index contributed by atoms with van der Waals surface area (Å²) < 4.78 is 13.8. The van der Waals surface area contributed by atoms with E-state index in [1.54, 1.807) is 0 Å².